The van der Waals surface area contributed by atoms with Crippen molar-refractivity contribution in [2.24, 2.45) is 5.41 Å². The molecule has 16 heteroatoms. The number of rotatable bonds is 10. The first-order valence-electron chi connectivity index (χ1n) is 13.5. The lowest BCUT2D eigenvalue weighted by molar-refractivity contribution is -0.141. The number of likely N-dealkylation sites (N-methyl/N-ethyl adjacent to an activating group) is 1. The van der Waals surface area contributed by atoms with E-state index in [1.54, 1.807) is 6.07 Å². The van der Waals surface area contributed by atoms with Gasteiger partial charge in [0.1, 0.15) is 11.9 Å². The first kappa shape index (κ1) is 34.3. The SMILES string of the molecule is CN(C)CCNc1ccc(-n2cc(C(F)(F)F)c3cc(N(C(C(=O)O)C(C)(C)C)S(=O)(=O)c4cc(Cl)cc(Cl)c4)ccc32)nn1. The molecule has 0 bridgehead atoms. The van der Waals surface area contributed by atoms with Crippen LogP contribution < -0.4 is 9.62 Å². The van der Waals surface area contributed by atoms with Gasteiger partial charge in [-0.3, -0.25) is 8.87 Å². The highest BCUT2D eigenvalue weighted by atomic mass is 35.5. The average Bonchev–Trinajstić information content (AvgIpc) is 3.30. The zero-order chi connectivity index (χ0) is 33.5. The minimum Gasteiger partial charge on any atom is -0.480 e. The van der Waals surface area contributed by atoms with E-state index in [2.05, 4.69) is 15.5 Å². The number of sulfonamides is 1. The summed E-state index contributed by atoms with van der Waals surface area (Å²) in [6, 6.07) is 8.34. The Kier molecular flexibility index (Phi) is 9.65. The van der Waals surface area contributed by atoms with Gasteiger partial charge in [0, 0.05) is 34.7 Å². The summed E-state index contributed by atoms with van der Waals surface area (Å²) in [5, 5.41) is 21.0. The highest BCUT2D eigenvalue weighted by molar-refractivity contribution is 7.93. The summed E-state index contributed by atoms with van der Waals surface area (Å²) >= 11 is 12.1. The van der Waals surface area contributed by atoms with Gasteiger partial charge in [-0.2, -0.15) is 13.2 Å². The van der Waals surface area contributed by atoms with Crippen LogP contribution in [0.15, 0.2) is 59.6 Å². The van der Waals surface area contributed by atoms with Gasteiger partial charge >= 0.3 is 12.1 Å². The van der Waals surface area contributed by atoms with Crippen molar-refractivity contribution < 1.29 is 31.5 Å². The molecule has 0 fully saturated rings. The van der Waals surface area contributed by atoms with Gasteiger partial charge in [-0.05, 0) is 68.0 Å². The van der Waals surface area contributed by atoms with Gasteiger partial charge in [0.05, 0.1) is 21.7 Å². The molecule has 4 rings (SSSR count). The molecule has 0 saturated carbocycles. The molecule has 2 N–H and O–H groups in total. The van der Waals surface area contributed by atoms with Crippen LogP contribution in [0.25, 0.3) is 16.7 Å². The molecule has 0 saturated heterocycles. The Bertz CT molecular complexity index is 1800. The average molecular weight is 688 g/mol. The smallest absolute Gasteiger partial charge is 0.418 e. The molecular formula is C29H31Cl2F3N6O4S. The van der Waals surface area contributed by atoms with E-state index in [0.29, 0.717) is 16.7 Å². The highest BCUT2D eigenvalue weighted by Gasteiger charge is 2.44. The molecule has 0 spiro atoms. The lowest BCUT2D eigenvalue weighted by atomic mass is 9.86. The maximum atomic E-state index is 14.4. The van der Waals surface area contributed by atoms with Crippen LogP contribution in [0.3, 0.4) is 0 Å². The summed E-state index contributed by atoms with van der Waals surface area (Å²) in [6.45, 7) is 5.81. The molecule has 1 unspecified atom stereocenters. The number of fused-ring (bicyclic) bond motifs is 1. The minimum absolute atomic E-state index is 0.0319. The summed E-state index contributed by atoms with van der Waals surface area (Å²) in [4.78, 5) is 14.1. The number of carboxylic acid groups (broad SMARTS) is 1. The van der Waals surface area contributed by atoms with E-state index in [9.17, 15) is 31.5 Å². The van der Waals surface area contributed by atoms with Gasteiger partial charge in [-0.1, -0.05) is 44.0 Å². The summed E-state index contributed by atoms with van der Waals surface area (Å²) in [5.74, 6) is -1.00. The van der Waals surface area contributed by atoms with E-state index in [-0.39, 0.29) is 32.5 Å². The molecule has 0 aliphatic heterocycles. The van der Waals surface area contributed by atoms with Gasteiger partial charge in [0.2, 0.25) is 0 Å². The van der Waals surface area contributed by atoms with Gasteiger partial charge in [-0.25, -0.2) is 13.2 Å². The van der Waals surface area contributed by atoms with Crippen molar-refractivity contribution in [2.45, 2.75) is 37.9 Å². The van der Waals surface area contributed by atoms with Crippen LogP contribution in [0, 0.1) is 5.41 Å². The normalized spacial score (nSPS) is 13.3. The number of benzene rings is 2. The molecule has 10 nitrogen and oxygen atoms in total. The summed E-state index contributed by atoms with van der Waals surface area (Å²) in [7, 11) is -0.931. The number of anilines is 2. The summed E-state index contributed by atoms with van der Waals surface area (Å²) < 4.78 is 73.2. The molecule has 242 valence electrons. The molecule has 0 aliphatic carbocycles. The van der Waals surface area contributed by atoms with Crippen molar-refractivity contribution in [2.75, 3.05) is 36.8 Å². The number of carboxylic acids is 1. The van der Waals surface area contributed by atoms with E-state index in [0.717, 1.165) is 30.9 Å². The molecule has 2 aromatic carbocycles. The van der Waals surface area contributed by atoms with Crippen molar-refractivity contribution in [3.05, 3.63) is 70.3 Å². The lowest BCUT2D eigenvalue weighted by Gasteiger charge is -2.37. The number of aromatic nitrogens is 3. The third kappa shape index (κ3) is 7.46. The zero-order valence-electron chi connectivity index (χ0n) is 24.9. The fourth-order valence-electron chi connectivity index (χ4n) is 4.77. The third-order valence-electron chi connectivity index (χ3n) is 6.79. The second-order valence-electron chi connectivity index (χ2n) is 11.6. The van der Waals surface area contributed by atoms with E-state index < -0.39 is 44.1 Å². The second kappa shape index (κ2) is 12.7. The van der Waals surface area contributed by atoms with E-state index in [4.69, 9.17) is 23.2 Å². The Morgan fingerprint density at radius 1 is 1.02 bits per heavy atom. The molecule has 0 amide bonds. The fourth-order valence-corrected chi connectivity index (χ4v) is 7.28. The first-order valence-corrected chi connectivity index (χ1v) is 15.7. The van der Waals surface area contributed by atoms with E-state index in [1.165, 1.54) is 49.6 Å². The highest BCUT2D eigenvalue weighted by Crippen LogP contribution is 2.41. The molecule has 0 aliphatic rings. The molecule has 2 heterocycles. The maximum Gasteiger partial charge on any atom is 0.418 e. The van der Waals surface area contributed by atoms with E-state index in [1.807, 2.05) is 19.0 Å². The minimum atomic E-state index is -4.86. The van der Waals surface area contributed by atoms with Crippen LogP contribution in [-0.4, -0.2) is 72.4 Å². The van der Waals surface area contributed by atoms with Crippen molar-refractivity contribution >= 4 is 61.6 Å². The number of nitrogens with one attached hydrogen (secondary N) is 1. The fraction of sp³-hybridized carbons (Fsp3) is 0.345. The van der Waals surface area contributed by atoms with Crippen molar-refractivity contribution in [3.63, 3.8) is 0 Å². The molecule has 4 aromatic rings. The quantitative estimate of drug-likeness (QED) is 0.196. The van der Waals surface area contributed by atoms with Crippen molar-refractivity contribution in [3.8, 4) is 5.82 Å². The van der Waals surface area contributed by atoms with Crippen LogP contribution in [0.1, 0.15) is 26.3 Å². The molecular weight excluding hydrogens is 656 g/mol. The number of hydrogen-bond acceptors (Lipinski definition) is 7. The lowest BCUT2D eigenvalue weighted by Crippen LogP contribution is -2.52. The van der Waals surface area contributed by atoms with E-state index >= 15 is 0 Å². The number of hydrogen-bond donors (Lipinski definition) is 2. The van der Waals surface area contributed by atoms with Crippen LogP contribution in [0.5, 0.6) is 0 Å². The van der Waals surface area contributed by atoms with Crippen molar-refractivity contribution in [1.82, 2.24) is 19.7 Å². The number of halogens is 5. The van der Waals surface area contributed by atoms with Gasteiger partial charge in [0.25, 0.3) is 10.0 Å². The number of alkyl halides is 3. The van der Waals surface area contributed by atoms with Crippen LogP contribution in [-0.2, 0) is 21.0 Å². The van der Waals surface area contributed by atoms with Gasteiger partial charge in [-0.15, -0.1) is 10.2 Å². The van der Waals surface area contributed by atoms with Crippen LogP contribution >= 0.6 is 23.2 Å². The maximum absolute atomic E-state index is 14.4. The molecule has 1 atom stereocenters. The molecule has 0 radical (unpaired) electrons. The first-order chi connectivity index (χ1) is 20.8. The van der Waals surface area contributed by atoms with Gasteiger partial charge < -0.3 is 15.3 Å². The van der Waals surface area contributed by atoms with Crippen LogP contribution in [0.4, 0.5) is 24.7 Å². The number of nitrogens with zero attached hydrogens (tertiary/aromatic N) is 5. The Morgan fingerprint density at radius 2 is 1.67 bits per heavy atom. The van der Waals surface area contributed by atoms with Crippen molar-refractivity contribution in [1.29, 1.82) is 0 Å². The predicted octanol–water partition coefficient (Wildman–Crippen LogP) is 6.41. The predicted molar refractivity (Wildman–Crippen MR) is 168 cm³/mol. The second-order valence-corrected chi connectivity index (χ2v) is 14.3. The Labute approximate surface area is 268 Å². The Morgan fingerprint density at radius 3 is 2.18 bits per heavy atom. The largest absolute Gasteiger partial charge is 0.480 e. The number of carbonyl (C=O) groups is 1. The standard InChI is InChI=1S/C29H31Cl2F3N6O4S/c1-28(2,3)26(27(41)42)40(45(43,44)20-13-17(30)12-18(31)14-20)19-6-7-23-21(15-19)22(29(32,33)34)16-39(23)25-9-8-24(36-37-25)35-10-11-38(4)5/h6-9,12-16,26H,10-11H2,1-5H3,(H,35,36)(H,41,42). The third-order valence-corrected chi connectivity index (χ3v) is 9.00. The number of aliphatic carboxylic acids is 1. The topological polar surface area (TPSA) is 121 Å². The summed E-state index contributed by atoms with van der Waals surface area (Å²) in [6.07, 6.45) is -4.02. The molecule has 2 aromatic heterocycles. The Balaban J connectivity index is 1.92. The summed E-state index contributed by atoms with van der Waals surface area (Å²) in [5.41, 5.74) is -2.57. The molecule has 45 heavy (non-hydrogen) atoms. The van der Waals surface area contributed by atoms with Gasteiger partial charge in [0.15, 0.2) is 5.82 Å². The zero-order valence-corrected chi connectivity index (χ0v) is 27.2. The Hall–Kier alpha value is -3.59. The monoisotopic (exact) mass is 686 g/mol. The van der Waals surface area contributed by atoms with Crippen LogP contribution in [0.2, 0.25) is 10.0 Å².